The maximum atomic E-state index is 11.7. The second kappa shape index (κ2) is 5.65. The normalized spacial score (nSPS) is 12.3. The van der Waals surface area contributed by atoms with Gasteiger partial charge in [0, 0.05) is 9.13 Å². The van der Waals surface area contributed by atoms with Gasteiger partial charge in [0.25, 0.3) is 10.1 Å². The summed E-state index contributed by atoms with van der Waals surface area (Å²) in [5.74, 6) is 0. The minimum atomic E-state index is -4.60. The molecule has 2 rings (SSSR count). The lowest BCUT2D eigenvalue weighted by molar-refractivity contribution is 0.483. The van der Waals surface area contributed by atoms with Gasteiger partial charge in [0.15, 0.2) is 0 Å². The number of halogens is 1. The molecule has 21 heavy (non-hydrogen) atoms. The van der Waals surface area contributed by atoms with Crippen LogP contribution >= 0.6 is 22.6 Å². The maximum absolute atomic E-state index is 11.7. The molecule has 112 valence electrons. The van der Waals surface area contributed by atoms with E-state index in [-0.39, 0.29) is 10.5 Å². The smallest absolute Gasteiger partial charge is 0.282 e. The fourth-order valence-corrected chi connectivity index (χ4v) is 3.81. The Hall–Kier alpha value is -1.01. The highest BCUT2D eigenvalue weighted by Crippen LogP contribution is 2.33. The van der Waals surface area contributed by atoms with Crippen molar-refractivity contribution in [2.45, 2.75) is 9.79 Å². The van der Waals surface area contributed by atoms with Crippen molar-refractivity contribution in [2.75, 3.05) is 0 Å². The second-order valence-electron chi connectivity index (χ2n) is 4.16. The molecule has 0 saturated carbocycles. The summed E-state index contributed by atoms with van der Waals surface area (Å²) in [5, 5.41) is 5.13. The van der Waals surface area contributed by atoms with Gasteiger partial charge in [-0.2, -0.15) is 8.42 Å². The Labute approximate surface area is 135 Å². The van der Waals surface area contributed by atoms with E-state index in [1.807, 2.05) is 0 Å². The van der Waals surface area contributed by atoms with Gasteiger partial charge in [-0.05, 0) is 52.4 Å². The van der Waals surface area contributed by atoms with Crippen molar-refractivity contribution in [3.63, 3.8) is 0 Å². The Morgan fingerprint density at radius 1 is 0.905 bits per heavy atom. The maximum Gasteiger partial charge on any atom is 0.295 e. The molecule has 0 aromatic heterocycles. The van der Waals surface area contributed by atoms with Crippen LogP contribution < -0.4 is 5.14 Å². The number of primary sulfonamides is 1. The summed E-state index contributed by atoms with van der Waals surface area (Å²) in [7, 11) is -8.75. The van der Waals surface area contributed by atoms with Crippen LogP contribution in [0.4, 0.5) is 0 Å². The lowest BCUT2D eigenvalue weighted by Crippen LogP contribution is -2.15. The quantitative estimate of drug-likeness (QED) is 0.560. The first-order valence-electron chi connectivity index (χ1n) is 5.50. The molecule has 0 atom stereocenters. The van der Waals surface area contributed by atoms with Gasteiger partial charge in [-0.25, -0.2) is 13.6 Å². The standard InChI is InChI=1S/C12H10INO5S2/c13-9-6-4-8(5-7-9)12-10(20(14,15)16)2-1-3-11(12)21(17,18)19/h1-7H,(H2,14,15,16)(H,17,18,19). The molecular formula is C12H10INO5S2. The molecule has 6 nitrogen and oxygen atoms in total. The van der Waals surface area contributed by atoms with E-state index < -0.39 is 25.0 Å². The number of hydrogen-bond acceptors (Lipinski definition) is 4. The van der Waals surface area contributed by atoms with Crippen molar-refractivity contribution in [2.24, 2.45) is 5.14 Å². The van der Waals surface area contributed by atoms with Crippen molar-refractivity contribution in [3.05, 3.63) is 46.0 Å². The highest BCUT2D eigenvalue weighted by atomic mass is 127. The Bertz CT molecular complexity index is 839. The average Bonchev–Trinajstić information content (AvgIpc) is 2.37. The topological polar surface area (TPSA) is 115 Å². The minimum Gasteiger partial charge on any atom is -0.282 e. The molecule has 0 saturated heterocycles. The van der Waals surface area contributed by atoms with Crippen LogP contribution in [0.5, 0.6) is 0 Å². The van der Waals surface area contributed by atoms with E-state index >= 15 is 0 Å². The largest absolute Gasteiger partial charge is 0.295 e. The van der Waals surface area contributed by atoms with Crippen LogP contribution in [0.15, 0.2) is 52.3 Å². The van der Waals surface area contributed by atoms with Crippen LogP contribution in [0.2, 0.25) is 0 Å². The molecule has 0 aliphatic rings. The van der Waals surface area contributed by atoms with E-state index in [1.165, 1.54) is 12.1 Å². The first kappa shape index (κ1) is 16.4. The molecule has 0 amide bonds. The third kappa shape index (κ3) is 3.61. The molecule has 0 bridgehead atoms. The molecule has 0 heterocycles. The van der Waals surface area contributed by atoms with Crippen molar-refractivity contribution in [1.82, 2.24) is 0 Å². The Morgan fingerprint density at radius 3 is 1.90 bits per heavy atom. The van der Waals surface area contributed by atoms with E-state index in [4.69, 9.17) is 5.14 Å². The molecule has 0 aliphatic carbocycles. The fraction of sp³-hybridized carbons (Fsp3) is 0. The van der Waals surface area contributed by atoms with Crippen LogP contribution in [0.25, 0.3) is 11.1 Å². The predicted molar refractivity (Wildman–Crippen MR) is 85.8 cm³/mol. The number of hydrogen-bond donors (Lipinski definition) is 2. The number of rotatable bonds is 3. The molecular weight excluding hydrogens is 429 g/mol. The van der Waals surface area contributed by atoms with Crippen LogP contribution in [0.1, 0.15) is 0 Å². The molecule has 2 aromatic rings. The zero-order valence-corrected chi connectivity index (χ0v) is 14.2. The third-order valence-corrected chi connectivity index (χ3v) is 5.27. The van der Waals surface area contributed by atoms with Crippen molar-refractivity contribution in [3.8, 4) is 11.1 Å². The van der Waals surface area contributed by atoms with Gasteiger partial charge in [-0.15, -0.1) is 0 Å². The monoisotopic (exact) mass is 439 g/mol. The molecule has 0 spiro atoms. The van der Waals surface area contributed by atoms with E-state index in [9.17, 15) is 21.4 Å². The first-order chi connectivity index (χ1) is 9.60. The Kier molecular flexibility index (Phi) is 4.40. The van der Waals surface area contributed by atoms with E-state index in [2.05, 4.69) is 22.6 Å². The summed E-state index contributed by atoms with van der Waals surface area (Å²) < 4.78 is 56.5. The van der Waals surface area contributed by atoms with Gasteiger partial charge in [0.2, 0.25) is 10.0 Å². The number of benzene rings is 2. The van der Waals surface area contributed by atoms with E-state index in [0.717, 1.165) is 9.64 Å². The highest BCUT2D eigenvalue weighted by molar-refractivity contribution is 14.1. The van der Waals surface area contributed by atoms with Crippen LogP contribution in [0, 0.1) is 3.57 Å². The zero-order valence-electron chi connectivity index (χ0n) is 10.4. The van der Waals surface area contributed by atoms with Gasteiger partial charge in [-0.3, -0.25) is 4.55 Å². The average molecular weight is 439 g/mol. The molecule has 3 N–H and O–H groups in total. The molecule has 9 heteroatoms. The molecule has 0 radical (unpaired) electrons. The molecule has 2 aromatic carbocycles. The summed E-state index contributed by atoms with van der Waals surface area (Å²) in [5.41, 5.74) is 0.187. The van der Waals surface area contributed by atoms with Crippen molar-refractivity contribution in [1.29, 1.82) is 0 Å². The van der Waals surface area contributed by atoms with Crippen molar-refractivity contribution < 1.29 is 21.4 Å². The number of sulfonamides is 1. The lowest BCUT2D eigenvalue weighted by Gasteiger charge is -2.12. The second-order valence-corrected chi connectivity index (χ2v) is 8.32. The van der Waals surface area contributed by atoms with Gasteiger partial charge >= 0.3 is 0 Å². The zero-order chi connectivity index (χ0) is 15.8. The Balaban J connectivity index is 2.92. The van der Waals surface area contributed by atoms with Crippen LogP contribution in [-0.2, 0) is 20.1 Å². The number of nitrogens with two attached hydrogens (primary N) is 1. The van der Waals surface area contributed by atoms with Gasteiger partial charge in [0.1, 0.15) is 4.90 Å². The Morgan fingerprint density at radius 2 is 1.43 bits per heavy atom. The van der Waals surface area contributed by atoms with E-state index in [1.54, 1.807) is 24.3 Å². The van der Waals surface area contributed by atoms with Gasteiger partial charge < -0.3 is 0 Å². The molecule has 0 fully saturated rings. The lowest BCUT2D eigenvalue weighted by atomic mass is 10.1. The fourth-order valence-electron chi connectivity index (χ4n) is 1.86. The predicted octanol–water partition coefficient (Wildman–Crippen LogP) is 1.85. The van der Waals surface area contributed by atoms with E-state index in [0.29, 0.717) is 5.56 Å². The van der Waals surface area contributed by atoms with Crippen LogP contribution in [-0.4, -0.2) is 21.4 Å². The summed E-state index contributed by atoms with van der Waals surface area (Å²) in [6.07, 6.45) is 0. The van der Waals surface area contributed by atoms with Crippen LogP contribution in [0.3, 0.4) is 0 Å². The SMILES string of the molecule is NS(=O)(=O)c1cccc(S(=O)(=O)O)c1-c1ccc(I)cc1. The highest BCUT2D eigenvalue weighted by Gasteiger charge is 2.24. The molecule has 0 aliphatic heterocycles. The van der Waals surface area contributed by atoms with Gasteiger partial charge in [-0.1, -0.05) is 18.2 Å². The molecule has 0 unspecified atom stereocenters. The van der Waals surface area contributed by atoms with Gasteiger partial charge in [0.05, 0.1) is 4.90 Å². The third-order valence-electron chi connectivity index (χ3n) is 2.71. The summed E-state index contributed by atoms with van der Waals surface area (Å²) >= 11 is 2.05. The minimum absolute atomic E-state index is 0.140. The first-order valence-corrected chi connectivity index (χ1v) is 9.56. The summed E-state index contributed by atoms with van der Waals surface area (Å²) in [4.78, 5) is -0.867. The summed E-state index contributed by atoms with van der Waals surface area (Å²) in [6.45, 7) is 0. The summed E-state index contributed by atoms with van der Waals surface area (Å²) in [6, 6.07) is 10.0. The van der Waals surface area contributed by atoms with Crippen molar-refractivity contribution >= 4 is 42.7 Å².